The van der Waals surface area contributed by atoms with Gasteiger partial charge in [-0.05, 0) is 12.1 Å². The molecule has 0 fully saturated rings. The van der Waals surface area contributed by atoms with Crippen molar-refractivity contribution in [2.75, 3.05) is 10.5 Å². The molecular formula is C14H20F2NO2STi-. The van der Waals surface area contributed by atoms with Gasteiger partial charge < -0.3 is 4.72 Å². The van der Waals surface area contributed by atoms with Crippen LogP contribution in [0.15, 0.2) is 12.1 Å². The molecule has 7 heteroatoms. The number of unbranched alkanes of at least 4 members (excludes halogenated alkanes) is 5. The van der Waals surface area contributed by atoms with Crippen LogP contribution in [0.25, 0.3) is 0 Å². The maximum Gasteiger partial charge on any atom is 0.222 e. The summed E-state index contributed by atoms with van der Waals surface area (Å²) in [6, 6.07) is 3.81. The van der Waals surface area contributed by atoms with E-state index < -0.39 is 21.7 Å². The van der Waals surface area contributed by atoms with Gasteiger partial charge in [0, 0.05) is 33.4 Å². The molecule has 0 radical (unpaired) electrons. The Bertz CT molecular complexity index is 524. The molecule has 0 unspecified atom stereocenters. The summed E-state index contributed by atoms with van der Waals surface area (Å²) in [6.07, 6.45) is 5.76. The average Bonchev–Trinajstić information content (AvgIpc) is 2.37. The van der Waals surface area contributed by atoms with Gasteiger partial charge in [0.15, 0.2) is 0 Å². The standard InChI is InChI=1S/C14H20F2NO2S.Ti/c1-2-3-4-5-6-7-10-20(18,19)17-14-9-8-12(15)11-13(14)16;/h8-9,17H,2-7,10H2,1H3;/q-1;. The Labute approximate surface area is 140 Å². The van der Waals surface area contributed by atoms with Crippen LogP contribution in [0.2, 0.25) is 0 Å². The Morgan fingerprint density at radius 2 is 1.71 bits per heavy atom. The van der Waals surface area contributed by atoms with E-state index >= 15 is 0 Å². The van der Waals surface area contributed by atoms with Gasteiger partial charge in [0.05, 0.1) is 5.75 Å². The molecule has 1 aromatic carbocycles. The molecule has 1 rings (SSSR count). The van der Waals surface area contributed by atoms with Crippen molar-refractivity contribution in [3.05, 3.63) is 29.8 Å². The van der Waals surface area contributed by atoms with E-state index in [9.17, 15) is 17.2 Å². The number of rotatable bonds is 9. The zero-order valence-corrected chi connectivity index (χ0v) is 14.5. The van der Waals surface area contributed by atoms with Crippen LogP contribution in [0.1, 0.15) is 45.4 Å². The van der Waals surface area contributed by atoms with E-state index in [0.717, 1.165) is 44.2 Å². The predicted molar refractivity (Wildman–Crippen MR) is 76.0 cm³/mol. The number of nitrogens with one attached hydrogen (secondary N) is 1. The summed E-state index contributed by atoms with van der Waals surface area (Å²) in [7, 11) is -3.60. The Hall–Kier alpha value is -0.456. The SMILES string of the molecule is CCCCCCCCS(=O)(=O)Nc1ccc(F)[c-]c1F.[Ti]. The molecule has 0 saturated carbocycles. The van der Waals surface area contributed by atoms with Gasteiger partial charge in [0.25, 0.3) is 0 Å². The second-order valence-corrected chi connectivity index (χ2v) is 6.56. The van der Waals surface area contributed by atoms with Crippen molar-refractivity contribution in [3.8, 4) is 0 Å². The van der Waals surface area contributed by atoms with E-state index in [4.69, 9.17) is 0 Å². The first-order valence-electron chi connectivity index (χ1n) is 6.82. The first-order chi connectivity index (χ1) is 9.44. The van der Waals surface area contributed by atoms with Gasteiger partial charge in [0.1, 0.15) is 0 Å². The van der Waals surface area contributed by atoms with Crippen molar-refractivity contribution < 1.29 is 38.9 Å². The normalized spacial score (nSPS) is 11.0. The second-order valence-electron chi connectivity index (χ2n) is 4.72. The van der Waals surface area contributed by atoms with Crippen LogP contribution in [0.4, 0.5) is 14.5 Å². The van der Waals surface area contributed by atoms with Crippen LogP contribution in [-0.2, 0) is 31.7 Å². The minimum Gasteiger partial charge on any atom is -0.334 e. The maximum atomic E-state index is 13.3. The molecule has 0 atom stereocenters. The third-order valence-electron chi connectivity index (χ3n) is 2.89. The van der Waals surface area contributed by atoms with Gasteiger partial charge in [-0.3, -0.25) is 0 Å². The Morgan fingerprint density at radius 3 is 2.33 bits per heavy atom. The van der Waals surface area contributed by atoms with E-state index in [1.54, 1.807) is 6.07 Å². The smallest absolute Gasteiger partial charge is 0.222 e. The molecule has 0 saturated heterocycles. The van der Waals surface area contributed by atoms with E-state index in [0.29, 0.717) is 6.42 Å². The van der Waals surface area contributed by atoms with Crippen molar-refractivity contribution >= 4 is 15.7 Å². The fourth-order valence-electron chi connectivity index (χ4n) is 1.81. The third kappa shape index (κ3) is 8.54. The molecule has 0 spiro atoms. The number of sulfonamides is 1. The number of anilines is 1. The zero-order chi connectivity index (χ0) is 15.0. The second kappa shape index (κ2) is 10.3. The monoisotopic (exact) mass is 352 g/mol. The molecule has 21 heavy (non-hydrogen) atoms. The molecule has 0 aliphatic carbocycles. The minimum atomic E-state index is -3.60. The van der Waals surface area contributed by atoms with Crippen molar-refractivity contribution in [3.63, 3.8) is 0 Å². The van der Waals surface area contributed by atoms with E-state index in [1.807, 2.05) is 0 Å². The fourth-order valence-corrected chi connectivity index (χ4v) is 2.99. The Kier molecular flexibility index (Phi) is 10.1. The Morgan fingerprint density at radius 1 is 1.10 bits per heavy atom. The number of halogens is 2. The number of hydrogen-bond donors (Lipinski definition) is 1. The van der Waals surface area contributed by atoms with Crippen LogP contribution < -0.4 is 4.72 Å². The fraction of sp³-hybridized carbons (Fsp3) is 0.571. The molecule has 118 valence electrons. The van der Waals surface area contributed by atoms with E-state index in [-0.39, 0.29) is 33.2 Å². The topological polar surface area (TPSA) is 46.2 Å². The molecular weight excluding hydrogens is 332 g/mol. The molecule has 0 aliphatic heterocycles. The molecule has 0 heterocycles. The molecule has 0 bridgehead atoms. The molecule has 1 aromatic rings. The van der Waals surface area contributed by atoms with Crippen LogP contribution in [0.5, 0.6) is 0 Å². The third-order valence-corrected chi connectivity index (χ3v) is 4.25. The summed E-state index contributed by atoms with van der Waals surface area (Å²) in [6.45, 7) is 2.11. The first-order valence-corrected chi connectivity index (χ1v) is 8.47. The molecule has 0 aliphatic rings. The van der Waals surface area contributed by atoms with Crippen molar-refractivity contribution in [1.82, 2.24) is 0 Å². The Balaban J connectivity index is 0.00000400. The molecule has 0 aromatic heterocycles. The van der Waals surface area contributed by atoms with Crippen molar-refractivity contribution in [2.45, 2.75) is 45.4 Å². The predicted octanol–water partition coefficient (Wildman–Crippen LogP) is 3.86. The first kappa shape index (κ1) is 20.5. The minimum absolute atomic E-state index is 0. The van der Waals surface area contributed by atoms with Crippen LogP contribution in [0, 0.1) is 17.7 Å². The summed E-state index contributed by atoms with van der Waals surface area (Å²) in [5.41, 5.74) is -0.266. The van der Waals surface area contributed by atoms with Gasteiger partial charge in [-0.15, -0.1) is 18.2 Å². The average molecular weight is 352 g/mol. The number of benzene rings is 1. The van der Waals surface area contributed by atoms with Crippen LogP contribution in [-0.4, -0.2) is 14.2 Å². The quantitative estimate of drug-likeness (QED) is 0.417. The largest absolute Gasteiger partial charge is 0.334 e. The summed E-state index contributed by atoms with van der Waals surface area (Å²) in [4.78, 5) is 0. The van der Waals surface area contributed by atoms with Crippen molar-refractivity contribution in [2.24, 2.45) is 0 Å². The summed E-state index contributed by atoms with van der Waals surface area (Å²) >= 11 is 0. The van der Waals surface area contributed by atoms with Gasteiger partial charge in [0.2, 0.25) is 10.0 Å². The molecule has 1 N–H and O–H groups in total. The van der Waals surface area contributed by atoms with Crippen LogP contribution >= 0.6 is 0 Å². The van der Waals surface area contributed by atoms with Crippen LogP contribution in [0.3, 0.4) is 0 Å². The van der Waals surface area contributed by atoms with Gasteiger partial charge in [-0.2, -0.15) is 0 Å². The van der Waals surface area contributed by atoms with Gasteiger partial charge in [-0.25, -0.2) is 17.2 Å². The summed E-state index contributed by atoms with van der Waals surface area (Å²) in [5, 5.41) is 0. The maximum absolute atomic E-state index is 13.3. The molecule has 3 nitrogen and oxygen atoms in total. The van der Waals surface area contributed by atoms with Gasteiger partial charge in [-0.1, -0.05) is 39.0 Å². The molecule has 0 amide bonds. The summed E-state index contributed by atoms with van der Waals surface area (Å²) < 4.78 is 51.5. The van der Waals surface area contributed by atoms with Crippen molar-refractivity contribution in [1.29, 1.82) is 0 Å². The van der Waals surface area contributed by atoms with E-state index in [2.05, 4.69) is 11.6 Å². The number of hydrogen-bond acceptors (Lipinski definition) is 2. The zero-order valence-electron chi connectivity index (χ0n) is 12.1. The van der Waals surface area contributed by atoms with Gasteiger partial charge >= 0.3 is 0 Å². The summed E-state index contributed by atoms with van der Waals surface area (Å²) in [5.74, 6) is -1.95. The van der Waals surface area contributed by atoms with E-state index in [1.165, 1.54) is 0 Å².